The Morgan fingerprint density at radius 3 is 1.80 bits per heavy atom. The van der Waals surface area contributed by atoms with Gasteiger partial charge in [-0.2, -0.15) is 8.42 Å². The molecule has 0 bridgehead atoms. The summed E-state index contributed by atoms with van der Waals surface area (Å²) in [5.41, 5.74) is 4.21. The Hall–Kier alpha value is -0.250. The maximum absolute atomic E-state index is 10.4. The maximum atomic E-state index is 10.4. The van der Waals surface area contributed by atoms with Gasteiger partial charge in [0.2, 0.25) is 0 Å². The highest BCUT2D eigenvalue weighted by Gasteiger charge is 2.35. The molecule has 7 nitrogen and oxygen atoms in total. The SMILES string of the molecule is NC(CCS(=O)(=O)O)C(CO)(CO)CO. The molecule has 0 saturated heterocycles. The quantitative estimate of drug-likeness (QED) is 0.313. The molecule has 0 spiro atoms. The fourth-order valence-electron chi connectivity index (χ4n) is 1.08. The van der Waals surface area contributed by atoms with E-state index in [2.05, 4.69) is 0 Å². The molecule has 1 atom stereocenters. The smallest absolute Gasteiger partial charge is 0.264 e. The Bertz CT molecular complexity index is 265. The minimum Gasteiger partial charge on any atom is -0.396 e. The molecule has 0 fully saturated rings. The van der Waals surface area contributed by atoms with Crippen molar-refractivity contribution in [2.24, 2.45) is 11.1 Å². The predicted octanol–water partition coefficient (Wildman–Crippen LogP) is -2.45. The summed E-state index contributed by atoms with van der Waals surface area (Å²) >= 11 is 0. The van der Waals surface area contributed by atoms with E-state index in [1.165, 1.54) is 0 Å². The summed E-state index contributed by atoms with van der Waals surface area (Å²) in [6, 6.07) is -0.917. The monoisotopic (exact) mass is 243 g/mol. The minimum absolute atomic E-state index is 0.152. The van der Waals surface area contributed by atoms with Crippen LogP contribution in [-0.4, -0.2) is 59.9 Å². The van der Waals surface area contributed by atoms with Gasteiger partial charge >= 0.3 is 0 Å². The second-order valence-electron chi connectivity index (χ2n) is 3.52. The molecule has 0 aromatic rings. The van der Waals surface area contributed by atoms with Crippen molar-refractivity contribution in [3.8, 4) is 0 Å². The van der Waals surface area contributed by atoms with Crippen LogP contribution in [0.1, 0.15) is 6.42 Å². The van der Waals surface area contributed by atoms with Crippen molar-refractivity contribution in [3.05, 3.63) is 0 Å². The zero-order valence-corrected chi connectivity index (χ0v) is 9.02. The van der Waals surface area contributed by atoms with Gasteiger partial charge in [-0.25, -0.2) is 0 Å². The summed E-state index contributed by atoms with van der Waals surface area (Å²) in [6.45, 7) is -1.69. The second-order valence-corrected chi connectivity index (χ2v) is 5.09. The lowest BCUT2D eigenvalue weighted by Crippen LogP contribution is -2.50. The van der Waals surface area contributed by atoms with Crippen LogP contribution >= 0.6 is 0 Å². The summed E-state index contributed by atoms with van der Waals surface area (Å²) in [4.78, 5) is 0. The average Bonchev–Trinajstić information content (AvgIpc) is 2.17. The Morgan fingerprint density at radius 1 is 1.13 bits per heavy atom. The van der Waals surface area contributed by atoms with Gasteiger partial charge in [0.1, 0.15) is 0 Å². The zero-order chi connectivity index (χ0) is 12.1. The Labute approximate surface area is 88.3 Å². The van der Waals surface area contributed by atoms with Crippen LogP contribution in [0.4, 0.5) is 0 Å². The van der Waals surface area contributed by atoms with Gasteiger partial charge in [-0.1, -0.05) is 0 Å². The van der Waals surface area contributed by atoms with Crippen LogP contribution in [0.25, 0.3) is 0 Å². The fraction of sp³-hybridized carbons (Fsp3) is 1.00. The van der Waals surface area contributed by atoms with E-state index in [1.807, 2.05) is 0 Å². The van der Waals surface area contributed by atoms with Crippen LogP contribution in [-0.2, 0) is 10.1 Å². The van der Waals surface area contributed by atoms with Crippen molar-refractivity contribution < 1.29 is 28.3 Å². The van der Waals surface area contributed by atoms with Crippen molar-refractivity contribution in [1.82, 2.24) is 0 Å². The van der Waals surface area contributed by atoms with E-state index in [-0.39, 0.29) is 6.42 Å². The zero-order valence-electron chi connectivity index (χ0n) is 8.20. The molecule has 0 radical (unpaired) electrons. The third kappa shape index (κ3) is 4.41. The highest BCUT2D eigenvalue weighted by Crippen LogP contribution is 2.21. The molecule has 0 rings (SSSR count). The van der Waals surface area contributed by atoms with Gasteiger partial charge < -0.3 is 21.1 Å². The lowest BCUT2D eigenvalue weighted by molar-refractivity contribution is -0.0138. The molecule has 1 unspecified atom stereocenters. The van der Waals surface area contributed by atoms with Crippen molar-refractivity contribution >= 4 is 10.1 Å². The van der Waals surface area contributed by atoms with E-state index >= 15 is 0 Å². The predicted molar refractivity (Wildman–Crippen MR) is 52.7 cm³/mol. The first-order valence-corrected chi connectivity index (χ1v) is 5.95. The molecule has 0 saturated carbocycles. The normalized spacial score (nSPS) is 15.3. The molecule has 15 heavy (non-hydrogen) atoms. The molecule has 0 aliphatic carbocycles. The van der Waals surface area contributed by atoms with E-state index in [4.69, 9.17) is 25.6 Å². The largest absolute Gasteiger partial charge is 0.396 e. The van der Waals surface area contributed by atoms with Crippen LogP contribution < -0.4 is 5.73 Å². The number of rotatable bonds is 7. The van der Waals surface area contributed by atoms with Crippen LogP contribution in [0.15, 0.2) is 0 Å². The molecule has 6 N–H and O–H groups in total. The van der Waals surface area contributed by atoms with E-state index in [1.54, 1.807) is 0 Å². The van der Waals surface area contributed by atoms with Gasteiger partial charge in [0, 0.05) is 6.04 Å². The molecule has 8 heteroatoms. The summed E-state index contributed by atoms with van der Waals surface area (Å²) in [7, 11) is -4.13. The Morgan fingerprint density at radius 2 is 1.53 bits per heavy atom. The summed E-state index contributed by atoms with van der Waals surface area (Å²) in [5.74, 6) is -0.573. The fourth-order valence-corrected chi connectivity index (χ4v) is 1.64. The first kappa shape index (κ1) is 14.8. The summed E-state index contributed by atoms with van der Waals surface area (Å²) < 4.78 is 29.4. The van der Waals surface area contributed by atoms with Crippen LogP contribution in [0.2, 0.25) is 0 Å². The molecule has 92 valence electrons. The van der Waals surface area contributed by atoms with Crippen molar-refractivity contribution in [1.29, 1.82) is 0 Å². The molecular formula is C7H17NO6S. The van der Waals surface area contributed by atoms with E-state index in [0.29, 0.717) is 0 Å². The number of aliphatic hydroxyl groups excluding tert-OH is 3. The van der Waals surface area contributed by atoms with Gasteiger partial charge in [-0.05, 0) is 6.42 Å². The van der Waals surface area contributed by atoms with Crippen LogP contribution in [0.5, 0.6) is 0 Å². The van der Waals surface area contributed by atoms with Crippen LogP contribution in [0, 0.1) is 5.41 Å². The molecular weight excluding hydrogens is 226 g/mol. The Balaban J connectivity index is 4.46. The Kier molecular flexibility index (Phi) is 5.63. The summed E-state index contributed by atoms with van der Waals surface area (Å²) in [5, 5.41) is 26.9. The summed E-state index contributed by atoms with van der Waals surface area (Å²) in [6.07, 6.45) is -0.152. The lowest BCUT2D eigenvalue weighted by atomic mass is 9.81. The van der Waals surface area contributed by atoms with E-state index in [0.717, 1.165) is 0 Å². The van der Waals surface area contributed by atoms with Crippen molar-refractivity contribution in [2.75, 3.05) is 25.6 Å². The molecule has 0 aromatic heterocycles. The standard InChI is InChI=1S/C7H17NO6S/c8-6(1-2-15(12,13)14)7(3-9,4-10)5-11/h6,9-11H,1-5,8H2,(H,12,13,14). The van der Waals surface area contributed by atoms with Gasteiger partial charge in [-0.3, -0.25) is 4.55 Å². The second kappa shape index (κ2) is 5.73. The number of hydrogen-bond donors (Lipinski definition) is 5. The van der Waals surface area contributed by atoms with Gasteiger partial charge in [0.25, 0.3) is 10.1 Å². The first-order chi connectivity index (χ1) is 6.81. The van der Waals surface area contributed by atoms with Crippen molar-refractivity contribution in [2.45, 2.75) is 12.5 Å². The highest BCUT2D eigenvalue weighted by atomic mass is 32.2. The molecule has 0 aliphatic rings. The number of nitrogens with two attached hydrogens (primary N) is 1. The van der Waals surface area contributed by atoms with Crippen molar-refractivity contribution in [3.63, 3.8) is 0 Å². The number of hydrogen-bond acceptors (Lipinski definition) is 6. The molecule has 0 amide bonds. The molecule has 0 aromatic carbocycles. The first-order valence-electron chi connectivity index (χ1n) is 4.34. The third-order valence-electron chi connectivity index (χ3n) is 2.42. The topological polar surface area (TPSA) is 141 Å². The molecule has 0 heterocycles. The van der Waals surface area contributed by atoms with E-state index in [9.17, 15) is 8.42 Å². The van der Waals surface area contributed by atoms with E-state index < -0.39 is 47.1 Å². The lowest BCUT2D eigenvalue weighted by Gasteiger charge is -2.33. The molecule has 0 aliphatic heterocycles. The highest BCUT2D eigenvalue weighted by molar-refractivity contribution is 7.85. The average molecular weight is 243 g/mol. The number of aliphatic hydroxyl groups is 3. The van der Waals surface area contributed by atoms with Crippen LogP contribution in [0.3, 0.4) is 0 Å². The maximum Gasteiger partial charge on any atom is 0.264 e. The third-order valence-corrected chi connectivity index (χ3v) is 3.17. The van der Waals surface area contributed by atoms with Gasteiger partial charge in [0.05, 0.1) is 31.0 Å². The van der Waals surface area contributed by atoms with Gasteiger partial charge in [-0.15, -0.1) is 0 Å². The minimum atomic E-state index is -4.13. The van der Waals surface area contributed by atoms with Gasteiger partial charge in [0.15, 0.2) is 0 Å².